The van der Waals surface area contributed by atoms with Gasteiger partial charge in [0, 0.05) is 12.1 Å². The number of fused-ring (bicyclic) bond motifs is 1. The predicted molar refractivity (Wildman–Crippen MR) is 128 cm³/mol. The Hall–Kier alpha value is -3.65. The number of carboxylic acid groups (broad SMARTS) is 1. The van der Waals surface area contributed by atoms with E-state index >= 15 is 0 Å². The summed E-state index contributed by atoms with van der Waals surface area (Å²) in [4.78, 5) is 27.9. The number of carboxylic acids is 1. The molecule has 1 atom stereocenters. The van der Waals surface area contributed by atoms with Gasteiger partial charge in [0.1, 0.15) is 0 Å². The number of amides is 1. The second-order valence-corrected chi connectivity index (χ2v) is 8.44. The molecule has 0 fully saturated rings. The Balaban J connectivity index is 1.94. The molecular weight excluding hydrogens is 400 g/mol. The minimum Gasteiger partial charge on any atom is -0.481 e. The van der Waals surface area contributed by atoms with E-state index in [4.69, 9.17) is 11.7 Å². The molecule has 0 aliphatic carbocycles. The number of rotatable bonds is 9. The molecule has 0 radical (unpaired) electrons. The molecule has 3 rings (SSSR count). The molecule has 0 saturated carbocycles. The Morgan fingerprint density at radius 1 is 1.06 bits per heavy atom. The highest BCUT2D eigenvalue weighted by Crippen LogP contribution is 2.33. The van der Waals surface area contributed by atoms with Crippen molar-refractivity contribution in [1.29, 1.82) is 0 Å². The van der Waals surface area contributed by atoms with Crippen LogP contribution in [0.4, 0.5) is 11.4 Å². The third kappa shape index (κ3) is 5.73. The average molecular weight is 429 g/mol. The van der Waals surface area contributed by atoms with E-state index < -0.39 is 5.97 Å². The van der Waals surface area contributed by atoms with Crippen LogP contribution in [0.1, 0.15) is 50.2 Å². The Morgan fingerprint density at radius 3 is 2.53 bits per heavy atom. The van der Waals surface area contributed by atoms with E-state index in [1.165, 1.54) is 0 Å². The van der Waals surface area contributed by atoms with Gasteiger partial charge in [-0.2, -0.15) is 0 Å². The summed E-state index contributed by atoms with van der Waals surface area (Å²) in [5, 5.41) is 14.2. The molecule has 0 heterocycles. The number of nitrogens with one attached hydrogen (secondary N) is 1. The summed E-state index contributed by atoms with van der Waals surface area (Å²) in [5.41, 5.74) is 2.85. The summed E-state index contributed by atoms with van der Waals surface area (Å²) < 4.78 is 0. The van der Waals surface area contributed by atoms with Crippen LogP contribution in [-0.2, 0) is 16.0 Å². The molecule has 0 aliphatic heterocycles. The zero-order valence-electron chi connectivity index (χ0n) is 18.5. The van der Waals surface area contributed by atoms with Crippen molar-refractivity contribution in [3.05, 3.63) is 83.2 Å². The first kappa shape index (κ1) is 23.0. The Morgan fingerprint density at radius 2 is 1.81 bits per heavy atom. The van der Waals surface area contributed by atoms with Crippen molar-refractivity contribution >= 4 is 34.0 Å². The number of aryl methyl sites for hydroxylation is 1. The first-order valence-electron chi connectivity index (χ1n) is 10.9. The molecule has 0 aliphatic rings. The Labute approximate surface area is 188 Å². The van der Waals surface area contributed by atoms with Crippen molar-refractivity contribution < 1.29 is 14.7 Å². The highest BCUT2D eigenvalue weighted by atomic mass is 16.4. The Kier molecular flexibility index (Phi) is 7.62. The molecule has 164 valence electrons. The molecule has 0 spiro atoms. The van der Waals surface area contributed by atoms with Gasteiger partial charge in [0.2, 0.25) is 5.91 Å². The van der Waals surface area contributed by atoms with Gasteiger partial charge in [-0.25, -0.2) is 4.85 Å². The summed E-state index contributed by atoms with van der Waals surface area (Å²) in [6, 6.07) is 19.3. The van der Waals surface area contributed by atoms with Crippen LogP contribution in [0.2, 0.25) is 0 Å². The van der Waals surface area contributed by atoms with Gasteiger partial charge >= 0.3 is 5.97 Å². The van der Waals surface area contributed by atoms with Crippen LogP contribution in [0.5, 0.6) is 0 Å². The van der Waals surface area contributed by atoms with Gasteiger partial charge in [-0.15, -0.1) is 0 Å². The summed E-state index contributed by atoms with van der Waals surface area (Å²) in [7, 11) is 0. The first-order chi connectivity index (χ1) is 15.4. The highest BCUT2D eigenvalue weighted by Gasteiger charge is 2.24. The molecule has 1 amide bonds. The zero-order chi connectivity index (χ0) is 23.1. The number of benzene rings is 3. The van der Waals surface area contributed by atoms with E-state index in [0.29, 0.717) is 36.6 Å². The predicted octanol–water partition coefficient (Wildman–Crippen LogP) is 6.57. The maximum atomic E-state index is 13.5. The Bertz CT molecular complexity index is 1160. The van der Waals surface area contributed by atoms with Crippen molar-refractivity contribution in [1.82, 2.24) is 0 Å². The van der Waals surface area contributed by atoms with E-state index in [1.54, 1.807) is 18.2 Å². The van der Waals surface area contributed by atoms with Crippen molar-refractivity contribution in [2.75, 3.05) is 5.32 Å². The maximum Gasteiger partial charge on any atom is 0.303 e. The van der Waals surface area contributed by atoms with E-state index in [2.05, 4.69) is 24.0 Å². The number of carbonyl (C=O) groups excluding carboxylic acids is 1. The molecule has 0 saturated heterocycles. The third-order valence-corrected chi connectivity index (χ3v) is 5.54. The lowest BCUT2D eigenvalue weighted by molar-refractivity contribution is -0.137. The SMILES string of the molecule is [C-]#[N+]c1ccc(CCCC(=O)O)c(NC(=O)C(CC(C)C)c2cccc3ccccc23)c1. The molecule has 3 aromatic rings. The van der Waals surface area contributed by atoms with Crippen LogP contribution >= 0.6 is 0 Å². The van der Waals surface area contributed by atoms with Gasteiger partial charge in [0.05, 0.1) is 12.5 Å². The topological polar surface area (TPSA) is 70.8 Å². The van der Waals surface area contributed by atoms with Crippen molar-refractivity contribution in [2.45, 2.75) is 45.4 Å². The van der Waals surface area contributed by atoms with Crippen LogP contribution in [0.25, 0.3) is 15.6 Å². The zero-order valence-corrected chi connectivity index (χ0v) is 18.5. The molecule has 0 aromatic heterocycles. The van der Waals surface area contributed by atoms with Crippen LogP contribution in [0, 0.1) is 12.5 Å². The first-order valence-corrected chi connectivity index (χ1v) is 10.9. The van der Waals surface area contributed by atoms with E-state index in [-0.39, 0.29) is 18.2 Å². The number of hydrogen-bond donors (Lipinski definition) is 2. The van der Waals surface area contributed by atoms with Crippen molar-refractivity contribution in [2.24, 2.45) is 5.92 Å². The lowest BCUT2D eigenvalue weighted by atomic mass is 9.86. The summed E-state index contributed by atoms with van der Waals surface area (Å²) in [6.45, 7) is 11.5. The van der Waals surface area contributed by atoms with Gasteiger partial charge in [-0.1, -0.05) is 68.4 Å². The van der Waals surface area contributed by atoms with Gasteiger partial charge in [-0.05, 0) is 53.1 Å². The lowest BCUT2D eigenvalue weighted by Crippen LogP contribution is -2.23. The van der Waals surface area contributed by atoms with E-state index in [0.717, 1.165) is 21.9 Å². The van der Waals surface area contributed by atoms with Crippen LogP contribution < -0.4 is 5.32 Å². The second-order valence-electron chi connectivity index (χ2n) is 8.44. The molecule has 5 heteroatoms. The quantitative estimate of drug-likeness (QED) is 0.379. The largest absolute Gasteiger partial charge is 0.481 e. The van der Waals surface area contributed by atoms with Crippen molar-refractivity contribution in [3.8, 4) is 0 Å². The smallest absolute Gasteiger partial charge is 0.303 e. The summed E-state index contributed by atoms with van der Waals surface area (Å²) in [5.74, 6) is -0.989. The fourth-order valence-corrected chi connectivity index (χ4v) is 4.02. The average Bonchev–Trinajstić information content (AvgIpc) is 2.77. The molecule has 0 bridgehead atoms. The molecule has 1 unspecified atom stereocenters. The minimum absolute atomic E-state index is 0.0595. The lowest BCUT2D eigenvalue weighted by Gasteiger charge is -2.22. The van der Waals surface area contributed by atoms with E-state index in [1.807, 2.05) is 42.5 Å². The van der Waals surface area contributed by atoms with Crippen LogP contribution in [0.3, 0.4) is 0 Å². The molecular formula is C27H28N2O3. The standard InChI is InChI=1S/C27H28N2O3/c1-18(2)16-24(23-12-6-9-19-8-4-5-11-22(19)23)27(32)29-25-17-21(28-3)15-14-20(25)10-7-13-26(30)31/h4-6,8-9,11-12,14-15,17-18,24H,7,10,13,16H2,1-2H3,(H,29,32)(H,30,31). The second kappa shape index (κ2) is 10.6. The summed E-state index contributed by atoms with van der Waals surface area (Å²) >= 11 is 0. The summed E-state index contributed by atoms with van der Waals surface area (Å²) in [6.07, 6.45) is 1.73. The minimum atomic E-state index is -0.846. The monoisotopic (exact) mass is 428 g/mol. The van der Waals surface area contributed by atoms with Gasteiger partial charge in [0.15, 0.2) is 5.69 Å². The fourth-order valence-electron chi connectivity index (χ4n) is 4.02. The van der Waals surface area contributed by atoms with Crippen LogP contribution in [-0.4, -0.2) is 17.0 Å². The number of carbonyl (C=O) groups is 2. The van der Waals surface area contributed by atoms with E-state index in [9.17, 15) is 9.59 Å². The number of aliphatic carboxylic acids is 1. The molecule has 3 aromatic carbocycles. The highest BCUT2D eigenvalue weighted by molar-refractivity contribution is 6.00. The number of hydrogen-bond acceptors (Lipinski definition) is 2. The molecule has 32 heavy (non-hydrogen) atoms. The van der Waals surface area contributed by atoms with Gasteiger partial charge in [-0.3, -0.25) is 9.59 Å². The number of anilines is 1. The fraction of sp³-hybridized carbons (Fsp3) is 0.296. The maximum absolute atomic E-state index is 13.5. The normalized spacial score (nSPS) is 11.8. The molecule has 2 N–H and O–H groups in total. The number of nitrogens with zero attached hydrogens (tertiary/aromatic N) is 1. The van der Waals surface area contributed by atoms with Gasteiger partial charge < -0.3 is 10.4 Å². The molecule has 5 nitrogen and oxygen atoms in total. The van der Waals surface area contributed by atoms with Gasteiger partial charge in [0.25, 0.3) is 0 Å². The van der Waals surface area contributed by atoms with Crippen molar-refractivity contribution in [3.63, 3.8) is 0 Å². The van der Waals surface area contributed by atoms with Crippen LogP contribution in [0.15, 0.2) is 60.7 Å². The third-order valence-electron chi connectivity index (χ3n) is 5.54.